The number of primary amides is 1. The standard InChI is InChI=1S/C24H24F3N5O2/c25-24(26,27)19-12-18(2-1-17(19)14-28)31-9-5-23(6-10-31)13-20(22(29)34)32(15-23)21(33)11-16-3-7-30-8-4-16/h1-4,7-8,12,20H,5-6,9-11,13,15H2,(H2,29,34). The van der Waals surface area contributed by atoms with Crippen LogP contribution in [0.25, 0.3) is 0 Å². The van der Waals surface area contributed by atoms with Gasteiger partial charge < -0.3 is 15.5 Å². The first-order valence-electron chi connectivity index (χ1n) is 11.0. The summed E-state index contributed by atoms with van der Waals surface area (Å²) in [7, 11) is 0. The van der Waals surface area contributed by atoms with Crippen LogP contribution in [0.3, 0.4) is 0 Å². The first kappa shape index (κ1) is 23.5. The Morgan fingerprint density at radius 2 is 1.85 bits per heavy atom. The molecule has 10 heteroatoms. The van der Waals surface area contributed by atoms with Crippen molar-refractivity contribution in [2.24, 2.45) is 11.1 Å². The zero-order chi connectivity index (χ0) is 24.5. The van der Waals surface area contributed by atoms with Gasteiger partial charge in [0.2, 0.25) is 11.8 Å². The highest BCUT2D eigenvalue weighted by atomic mass is 19.4. The smallest absolute Gasteiger partial charge is 0.371 e. The van der Waals surface area contributed by atoms with Crippen LogP contribution in [0.1, 0.15) is 36.0 Å². The van der Waals surface area contributed by atoms with Gasteiger partial charge in [-0.05, 0) is 60.6 Å². The van der Waals surface area contributed by atoms with Crippen LogP contribution in [-0.4, -0.2) is 47.4 Å². The molecule has 34 heavy (non-hydrogen) atoms. The highest BCUT2D eigenvalue weighted by Gasteiger charge is 2.49. The van der Waals surface area contributed by atoms with Gasteiger partial charge in [0, 0.05) is 37.7 Å². The van der Waals surface area contributed by atoms with E-state index >= 15 is 0 Å². The molecule has 2 aliphatic rings. The lowest BCUT2D eigenvalue weighted by Gasteiger charge is -2.40. The third-order valence-corrected chi connectivity index (χ3v) is 6.88. The summed E-state index contributed by atoms with van der Waals surface area (Å²) < 4.78 is 40.1. The van der Waals surface area contributed by atoms with Crippen LogP contribution in [-0.2, 0) is 22.2 Å². The zero-order valence-corrected chi connectivity index (χ0v) is 18.4. The molecule has 1 aromatic heterocycles. The number of amides is 2. The number of alkyl halides is 3. The van der Waals surface area contributed by atoms with E-state index in [9.17, 15) is 22.8 Å². The lowest BCUT2D eigenvalue weighted by Crippen LogP contribution is -2.45. The van der Waals surface area contributed by atoms with Crippen LogP contribution >= 0.6 is 0 Å². The first-order valence-corrected chi connectivity index (χ1v) is 11.0. The zero-order valence-electron chi connectivity index (χ0n) is 18.4. The molecule has 1 aromatic carbocycles. The van der Waals surface area contributed by atoms with Crippen molar-refractivity contribution in [2.75, 3.05) is 24.5 Å². The maximum absolute atomic E-state index is 13.4. The van der Waals surface area contributed by atoms with Gasteiger partial charge in [0.1, 0.15) is 6.04 Å². The molecule has 1 spiro atoms. The molecule has 0 aliphatic carbocycles. The molecular formula is C24H24F3N5O2. The van der Waals surface area contributed by atoms with E-state index in [2.05, 4.69) is 4.98 Å². The van der Waals surface area contributed by atoms with Crippen LogP contribution in [0.2, 0.25) is 0 Å². The van der Waals surface area contributed by atoms with E-state index in [0.717, 1.165) is 11.6 Å². The van der Waals surface area contributed by atoms with Crippen molar-refractivity contribution in [2.45, 2.75) is 37.9 Å². The van der Waals surface area contributed by atoms with E-state index in [0.29, 0.717) is 44.6 Å². The predicted molar refractivity (Wildman–Crippen MR) is 117 cm³/mol. The minimum atomic E-state index is -4.62. The number of aromatic nitrogens is 1. The van der Waals surface area contributed by atoms with Gasteiger partial charge in [0.05, 0.1) is 23.6 Å². The predicted octanol–water partition coefficient (Wildman–Crippen LogP) is 2.89. The Labute approximate surface area is 195 Å². The maximum Gasteiger partial charge on any atom is 0.417 e. The molecule has 3 heterocycles. The van der Waals surface area contributed by atoms with E-state index in [1.54, 1.807) is 35.5 Å². The van der Waals surface area contributed by atoms with Crippen LogP contribution < -0.4 is 10.6 Å². The number of hydrogen-bond acceptors (Lipinski definition) is 5. The summed E-state index contributed by atoms with van der Waals surface area (Å²) >= 11 is 0. The van der Waals surface area contributed by atoms with Crippen molar-refractivity contribution in [3.8, 4) is 6.07 Å². The van der Waals surface area contributed by atoms with Crippen molar-refractivity contribution in [1.29, 1.82) is 5.26 Å². The average Bonchev–Trinajstić information content (AvgIpc) is 3.19. The van der Waals surface area contributed by atoms with E-state index in [-0.39, 0.29) is 17.7 Å². The number of piperidine rings is 1. The Morgan fingerprint density at radius 3 is 2.44 bits per heavy atom. The molecular weight excluding hydrogens is 447 g/mol. The molecule has 2 fully saturated rings. The second kappa shape index (κ2) is 8.97. The van der Waals surface area contributed by atoms with Crippen molar-refractivity contribution >= 4 is 17.5 Å². The van der Waals surface area contributed by atoms with Gasteiger partial charge in [0.15, 0.2) is 0 Å². The molecule has 0 bridgehead atoms. The Balaban J connectivity index is 1.48. The summed E-state index contributed by atoms with van der Waals surface area (Å²) in [5, 5.41) is 9.02. The van der Waals surface area contributed by atoms with Crippen LogP contribution in [0.4, 0.5) is 18.9 Å². The summed E-state index contributed by atoms with van der Waals surface area (Å²) in [6.07, 6.45) is 0.382. The van der Waals surface area contributed by atoms with Crippen molar-refractivity contribution in [3.63, 3.8) is 0 Å². The van der Waals surface area contributed by atoms with Crippen LogP contribution in [0.5, 0.6) is 0 Å². The van der Waals surface area contributed by atoms with Gasteiger partial charge in [-0.25, -0.2) is 0 Å². The fourth-order valence-corrected chi connectivity index (χ4v) is 5.01. The van der Waals surface area contributed by atoms with E-state index in [1.165, 1.54) is 12.1 Å². The number of carbonyl (C=O) groups excluding carboxylic acids is 2. The Morgan fingerprint density at radius 1 is 1.18 bits per heavy atom. The Bertz CT molecular complexity index is 1120. The number of likely N-dealkylation sites (tertiary alicyclic amines) is 1. The third-order valence-electron chi connectivity index (χ3n) is 6.88. The van der Waals surface area contributed by atoms with Gasteiger partial charge in [-0.2, -0.15) is 18.4 Å². The number of rotatable bonds is 4. The summed E-state index contributed by atoms with van der Waals surface area (Å²) in [6.45, 7) is 1.33. The van der Waals surface area contributed by atoms with Gasteiger partial charge in [-0.15, -0.1) is 0 Å². The average molecular weight is 471 g/mol. The highest BCUT2D eigenvalue weighted by Crippen LogP contribution is 2.45. The third kappa shape index (κ3) is 4.69. The summed E-state index contributed by atoms with van der Waals surface area (Å²) in [6, 6.07) is 8.12. The first-order chi connectivity index (χ1) is 16.1. The fraction of sp³-hybridized carbons (Fsp3) is 0.417. The highest BCUT2D eigenvalue weighted by molar-refractivity contribution is 5.88. The van der Waals surface area contributed by atoms with Crippen LogP contribution in [0.15, 0.2) is 42.7 Å². The fourth-order valence-electron chi connectivity index (χ4n) is 5.01. The maximum atomic E-state index is 13.4. The van der Waals surface area contributed by atoms with E-state index < -0.39 is 29.3 Å². The molecule has 4 rings (SSSR count). The van der Waals surface area contributed by atoms with E-state index in [4.69, 9.17) is 11.0 Å². The quantitative estimate of drug-likeness (QED) is 0.739. The minimum absolute atomic E-state index is 0.139. The number of benzene rings is 1. The molecule has 1 atom stereocenters. The molecule has 2 amide bonds. The van der Waals surface area contributed by atoms with Gasteiger partial charge in [0.25, 0.3) is 0 Å². The second-order valence-corrected chi connectivity index (χ2v) is 9.00. The Hall–Kier alpha value is -3.61. The van der Waals surface area contributed by atoms with Gasteiger partial charge in [-0.3, -0.25) is 14.6 Å². The minimum Gasteiger partial charge on any atom is -0.371 e. The summed E-state index contributed by atoms with van der Waals surface area (Å²) in [5.41, 5.74) is 5.14. The number of anilines is 1. The Kier molecular flexibility index (Phi) is 6.21. The molecule has 1 unspecified atom stereocenters. The van der Waals surface area contributed by atoms with Crippen LogP contribution in [0, 0.1) is 16.7 Å². The van der Waals surface area contributed by atoms with Crippen molar-refractivity contribution in [3.05, 3.63) is 59.4 Å². The van der Waals surface area contributed by atoms with Gasteiger partial charge >= 0.3 is 6.18 Å². The number of carbonyl (C=O) groups is 2. The van der Waals surface area contributed by atoms with E-state index in [1.807, 2.05) is 4.90 Å². The van der Waals surface area contributed by atoms with Crippen molar-refractivity contribution < 1.29 is 22.8 Å². The lowest BCUT2D eigenvalue weighted by atomic mass is 9.76. The molecule has 2 aliphatic heterocycles. The molecule has 0 saturated carbocycles. The molecule has 2 aromatic rings. The number of hydrogen-bond donors (Lipinski definition) is 1. The van der Waals surface area contributed by atoms with Crippen molar-refractivity contribution in [1.82, 2.24) is 9.88 Å². The molecule has 0 radical (unpaired) electrons. The number of nitriles is 1. The number of nitrogens with zero attached hydrogens (tertiary/aromatic N) is 4. The molecule has 7 nitrogen and oxygen atoms in total. The lowest BCUT2D eigenvalue weighted by molar-refractivity contribution is -0.137. The summed E-state index contributed by atoms with van der Waals surface area (Å²) in [4.78, 5) is 32.5. The topological polar surface area (TPSA) is 103 Å². The summed E-state index contributed by atoms with van der Waals surface area (Å²) in [5.74, 6) is -0.736. The molecule has 2 saturated heterocycles. The monoisotopic (exact) mass is 471 g/mol. The normalized spacial score (nSPS) is 19.8. The second-order valence-electron chi connectivity index (χ2n) is 9.00. The number of halogens is 3. The SMILES string of the molecule is N#Cc1ccc(N2CCC3(CC2)CC(C(N)=O)N(C(=O)Cc2ccncc2)C3)cc1C(F)(F)F. The number of pyridine rings is 1. The largest absolute Gasteiger partial charge is 0.417 e. The molecule has 2 N–H and O–H groups in total. The van der Waals surface area contributed by atoms with Gasteiger partial charge in [-0.1, -0.05) is 0 Å². The molecule has 178 valence electrons. The number of nitrogens with two attached hydrogens (primary N) is 1.